The van der Waals surface area contributed by atoms with Gasteiger partial charge in [-0.1, -0.05) is 0 Å². The minimum atomic E-state index is -0.618. The molecule has 0 fully saturated rings. The zero-order chi connectivity index (χ0) is 9.84. The van der Waals surface area contributed by atoms with Gasteiger partial charge in [-0.25, -0.2) is 0 Å². The zero-order valence-corrected chi connectivity index (χ0v) is 6.72. The summed E-state index contributed by atoms with van der Waals surface area (Å²) in [5.74, 6) is -0.149. The average Bonchev–Trinajstić information content (AvgIpc) is 2.16. The molecule has 1 rings (SSSR count). The van der Waals surface area contributed by atoms with E-state index in [1.165, 1.54) is 19.2 Å². The Labute approximate surface area is 73.5 Å². The predicted molar refractivity (Wildman–Crippen MR) is 42.2 cm³/mol. The lowest BCUT2D eigenvalue weighted by molar-refractivity contribution is -0.386. The molecule has 0 aliphatic rings. The minimum Gasteiger partial charge on any atom is -0.476 e. The maximum atomic E-state index is 10.4. The van der Waals surface area contributed by atoms with Crippen LogP contribution < -0.4 is 4.74 Å². The van der Waals surface area contributed by atoms with E-state index in [-0.39, 0.29) is 17.3 Å². The van der Waals surface area contributed by atoms with Gasteiger partial charge >= 0.3 is 5.69 Å². The molecule has 0 aliphatic carbocycles. The molecule has 6 heteroatoms. The second-order valence-electron chi connectivity index (χ2n) is 2.09. The number of hydrogen-bond acceptors (Lipinski definition) is 5. The summed E-state index contributed by atoms with van der Waals surface area (Å²) in [6.07, 6.45) is 0. The van der Waals surface area contributed by atoms with E-state index in [1.807, 2.05) is 0 Å². The topological polar surface area (TPSA) is 89.0 Å². The van der Waals surface area contributed by atoms with E-state index in [2.05, 4.69) is 9.72 Å². The van der Waals surface area contributed by atoms with Crippen LogP contribution in [0.25, 0.3) is 0 Å². The summed E-state index contributed by atoms with van der Waals surface area (Å²) in [5, 5.41) is 18.8. The van der Waals surface area contributed by atoms with Gasteiger partial charge in [0.1, 0.15) is 11.8 Å². The van der Waals surface area contributed by atoms with Gasteiger partial charge < -0.3 is 4.74 Å². The third kappa shape index (κ3) is 1.70. The molecule has 13 heavy (non-hydrogen) atoms. The number of ether oxygens (including phenoxy) is 1. The third-order valence-electron chi connectivity index (χ3n) is 1.34. The molecule has 0 saturated heterocycles. The highest BCUT2D eigenvalue weighted by Crippen LogP contribution is 2.23. The fraction of sp³-hybridized carbons (Fsp3) is 0.143. The van der Waals surface area contributed by atoms with Crippen molar-refractivity contribution < 1.29 is 9.66 Å². The molecular formula is C7H5N3O3. The number of nitriles is 1. The first-order chi connectivity index (χ1) is 6.19. The van der Waals surface area contributed by atoms with Gasteiger partial charge in [-0.15, -0.1) is 0 Å². The molecule has 0 aliphatic heterocycles. The molecule has 1 aromatic rings. The first-order valence-corrected chi connectivity index (χ1v) is 3.28. The van der Waals surface area contributed by atoms with E-state index < -0.39 is 4.92 Å². The zero-order valence-electron chi connectivity index (χ0n) is 6.72. The Morgan fingerprint density at radius 1 is 1.69 bits per heavy atom. The van der Waals surface area contributed by atoms with Gasteiger partial charge in [0, 0.05) is 6.07 Å². The summed E-state index contributed by atoms with van der Waals surface area (Å²) in [4.78, 5) is 13.4. The molecule has 1 heterocycles. The number of aromatic nitrogens is 1. The summed E-state index contributed by atoms with van der Waals surface area (Å²) in [6.45, 7) is 0. The van der Waals surface area contributed by atoms with Crippen LogP contribution in [0.4, 0.5) is 5.69 Å². The average molecular weight is 179 g/mol. The molecule has 0 spiro atoms. The SMILES string of the molecule is COc1nc(C#N)ccc1[N+](=O)[O-]. The molecule has 66 valence electrons. The molecule has 1 aromatic heterocycles. The number of rotatable bonds is 2. The van der Waals surface area contributed by atoms with Crippen LogP contribution in [-0.2, 0) is 0 Å². The summed E-state index contributed by atoms with van der Waals surface area (Å²) in [7, 11) is 1.26. The highest BCUT2D eigenvalue weighted by molar-refractivity contribution is 5.43. The molecule has 0 bridgehead atoms. The van der Waals surface area contributed by atoms with E-state index in [1.54, 1.807) is 6.07 Å². The molecule has 6 nitrogen and oxygen atoms in total. The number of pyridine rings is 1. The first-order valence-electron chi connectivity index (χ1n) is 3.28. The summed E-state index contributed by atoms with van der Waals surface area (Å²) >= 11 is 0. The maximum Gasteiger partial charge on any atom is 0.331 e. The molecule has 0 amide bonds. The van der Waals surface area contributed by atoms with Crippen molar-refractivity contribution in [3.05, 3.63) is 27.9 Å². The van der Waals surface area contributed by atoms with E-state index in [0.29, 0.717) is 0 Å². The van der Waals surface area contributed by atoms with Gasteiger partial charge in [0.15, 0.2) is 0 Å². The van der Waals surface area contributed by atoms with Crippen molar-refractivity contribution >= 4 is 5.69 Å². The molecule has 0 aromatic carbocycles. The quantitative estimate of drug-likeness (QED) is 0.496. The van der Waals surface area contributed by atoms with Crippen LogP contribution in [-0.4, -0.2) is 17.0 Å². The maximum absolute atomic E-state index is 10.4. The standard InChI is InChI=1S/C7H5N3O3/c1-13-7-6(10(11)12)3-2-5(4-8)9-7/h2-3H,1H3. The van der Waals surface area contributed by atoms with Crippen molar-refractivity contribution in [1.82, 2.24) is 4.98 Å². The van der Waals surface area contributed by atoms with Crippen LogP contribution in [0.5, 0.6) is 5.88 Å². The summed E-state index contributed by atoms with van der Waals surface area (Å²) in [5.41, 5.74) is -0.163. The third-order valence-corrected chi connectivity index (χ3v) is 1.34. The fourth-order valence-electron chi connectivity index (χ4n) is 0.785. The molecule has 0 radical (unpaired) electrons. The van der Waals surface area contributed by atoms with E-state index >= 15 is 0 Å². The van der Waals surface area contributed by atoms with Crippen LogP contribution in [0.1, 0.15) is 5.69 Å². The number of hydrogen-bond donors (Lipinski definition) is 0. The van der Waals surface area contributed by atoms with E-state index in [9.17, 15) is 10.1 Å². The lowest BCUT2D eigenvalue weighted by atomic mass is 10.3. The second-order valence-corrected chi connectivity index (χ2v) is 2.09. The Balaban J connectivity index is 3.25. The van der Waals surface area contributed by atoms with Gasteiger partial charge in [-0.2, -0.15) is 10.2 Å². The molecule has 0 saturated carbocycles. The van der Waals surface area contributed by atoms with E-state index in [4.69, 9.17) is 5.26 Å². The van der Waals surface area contributed by atoms with Crippen LogP contribution in [0.3, 0.4) is 0 Å². The van der Waals surface area contributed by atoms with Crippen LogP contribution >= 0.6 is 0 Å². The highest BCUT2D eigenvalue weighted by Gasteiger charge is 2.16. The van der Waals surface area contributed by atoms with Crippen molar-refractivity contribution in [2.45, 2.75) is 0 Å². The number of nitro groups is 1. The van der Waals surface area contributed by atoms with Crippen LogP contribution in [0.2, 0.25) is 0 Å². The Hall–Kier alpha value is -2.16. The van der Waals surface area contributed by atoms with Crippen molar-refractivity contribution in [1.29, 1.82) is 5.26 Å². The number of nitrogens with zero attached hydrogens (tertiary/aromatic N) is 3. The van der Waals surface area contributed by atoms with Gasteiger partial charge in [0.05, 0.1) is 12.0 Å². The Morgan fingerprint density at radius 3 is 2.85 bits per heavy atom. The molecular weight excluding hydrogens is 174 g/mol. The van der Waals surface area contributed by atoms with Crippen molar-refractivity contribution in [2.24, 2.45) is 0 Å². The second kappa shape index (κ2) is 3.49. The van der Waals surface area contributed by atoms with Gasteiger partial charge in [-0.3, -0.25) is 10.1 Å². The van der Waals surface area contributed by atoms with Crippen LogP contribution in [0.15, 0.2) is 12.1 Å². The predicted octanol–water partition coefficient (Wildman–Crippen LogP) is 0.870. The monoisotopic (exact) mass is 179 g/mol. The summed E-state index contributed by atoms with van der Waals surface area (Å²) < 4.78 is 4.65. The number of methoxy groups -OCH3 is 1. The van der Waals surface area contributed by atoms with Gasteiger partial charge in [0.25, 0.3) is 5.88 Å². The summed E-state index contributed by atoms with van der Waals surface area (Å²) in [6, 6.07) is 4.20. The smallest absolute Gasteiger partial charge is 0.331 e. The Bertz CT molecular complexity index is 383. The van der Waals surface area contributed by atoms with Crippen molar-refractivity contribution in [2.75, 3.05) is 7.11 Å². The largest absolute Gasteiger partial charge is 0.476 e. The normalized spacial score (nSPS) is 8.92. The van der Waals surface area contributed by atoms with Gasteiger partial charge in [0.2, 0.25) is 0 Å². The Kier molecular flexibility index (Phi) is 2.40. The lowest BCUT2D eigenvalue weighted by Gasteiger charge is -1.98. The van der Waals surface area contributed by atoms with E-state index in [0.717, 1.165) is 0 Å². The Morgan fingerprint density at radius 2 is 2.38 bits per heavy atom. The highest BCUT2D eigenvalue weighted by atomic mass is 16.6. The lowest BCUT2D eigenvalue weighted by Crippen LogP contribution is -1.97. The molecule has 0 unspecified atom stereocenters. The van der Waals surface area contributed by atoms with Crippen LogP contribution in [0, 0.1) is 21.4 Å². The molecule has 0 N–H and O–H groups in total. The first kappa shape index (κ1) is 8.93. The van der Waals surface area contributed by atoms with Crippen molar-refractivity contribution in [3.63, 3.8) is 0 Å². The fourth-order valence-corrected chi connectivity index (χ4v) is 0.785. The van der Waals surface area contributed by atoms with Gasteiger partial charge in [-0.05, 0) is 6.07 Å². The molecule has 0 atom stereocenters. The van der Waals surface area contributed by atoms with Crippen molar-refractivity contribution in [3.8, 4) is 11.9 Å². The minimum absolute atomic E-state index is 0.0856.